The molecule has 14 heavy (non-hydrogen) atoms. The maximum atomic E-state index is 10.7. The van der Waals surface area contributed by atoms with Gasteiger partial charge in [0.05, 0.1) is 9.95 Å². The molecule has 0 radical (unpaired) electrons. The van der Waals surface area contributed by atoms with Gasteiger partial charge in [0, 0.05) is 21.7 Å². The van der Waals surface area contributed by atoms with Crippen LogP contribution in [0.4, 0.5) is 5.69 Å². The van der Waals surface area contributed by atoms with E-state index in [-0.39, 0.29) is 5.69 Å². The third kappa shape index (κ3) is 1.47. The van der Waals surface area contributed by atoms with Gasteiger partial charge in [-0.15, -0.1) is 24.0 Å². The van der Waals surface area contributed by atoms with Crippen LogP contribution < -0.4 is 0 Å². The van der Waals surface area contributed by atoms with E-state index in [0.717, 1.165) is 0 Å². The van der Waals surface area contributed by atoms with Crippen molar-refractivity contribution in [2.45, 2.75) is 4.90 Å². The summed E-state index contributed by atoms with van der Waals surface area (Å²) in [5.41, 5.74) is 0.0596. The molecule has 0 bridgehead atoms. The molecule has 1 heterocycles. The molecule has 0 saturated heterocycles. The van der Waals surface area contributed by atoms with Gasteiger partial charge in [0.2, 0.25) is 0 Å². The molecule has 2 aromatic rings. The van der Waals surface area contributed by atoms with Crippen molar-refractivity contribution in [2.75, 3.05) is 0 Å². The standard InChI is InChI=1S/C8H4ClNO2S2/c9-6-3-14-8-5(6)1-4(13)2-7(8)10(11)12/h1-3,13H. The zero-order valence-electron chi connectivity index (χ0n) is 6.73. The quantitative estimate of drug-likeness (QED) is 0.472. The highest BCUT2D eigenvalue weighted by atomic mass is 35.5. The van der Waals surface area contributed by atoms with Crippen LogP contribution in [-0.2, 0) is 0 Å². The minimum atomic E-state index is -0.422. The minimum absolute atomic E-state index is 0.0596. The molecular formula is C8H4ClNO2S2. The first kappa shape index (κ1) is 9.76. The average molecular weight is 246 g/mol. The molecule has 0 fully saturated rings. The predicted octanol–water partition coefficient (Wildman–Crippen LogP) is 3.75. The number of nitrogens with zero attached hydrogens (tertiary/aromatic N) is 1. The van der Waals surface area contributed by atoms with Crippen molar-refractivity contribution in [2.24, 2.45) is 0 Å². The highest BCUT2D eigenvalue weighted by molar-refractivity contribution is 7.80. The number of rotatable bonds is 1. The van der Waals surface area contributed by atoms with Crippen molar-refractivity contribution in [3.05, 3.63) is 32.6 Å². The van der Waals surface area contributed by atoms with Crippen LogP contribution in [-0.4, -0.2) is 4.92 Å². The van der Waals surface area contributed by atoms with E-state index in [9.17, 15) is 10.1 Å². The summed E-state index contributed by atoms with van der Waals surface area (Å²) in [6, 6.07) is 3.16. The number of hydrogen-bond donors (Lipinski definition) is 1. The lowest BCUT2D eigenvalue weighted by atomic mass is 10.2. The summed E-state index contributed by atoms with van der Waals surface area (Å²) >= 11 is 11.2. The van der Waals surface area contributed by atoms with E-state index in [0.29, 0.717) is 20.0 Å². The second-order valence-corrected chi connectivity index (χ2v) is 4.49. The lowest BCUT2D eigenvalue weighted by Crippen LogP contribution is -1.87. The number of thiol groups is 1. The molecule has 0 amide bonds. The number of fused-ring (bicyclic) bond motifs is 1. The molecule has 3 nitrogen and oxygen atoms in total. The molecule has 0 atom stereocenters. The zero-order valence-corrected chi connectivity index (χ0v) is 9.20. The SMILES string of the molecule is O=[N+]([O-])c1cc(S)cc2c(Cl)csc12. The lowest BCUT2D eigenvalue weighted by molar-refractivity contribution is -0.383. The van der Waals surface area contributed by atoms with E-state index >= 15 is 0 Å². The fourth-order valence-electron chi connectivity index (χ4n) is 1.21. The zero-order chi connectivity index (χ0) is 10.3. The van der Waals surface area contributed by atoms with Crippen molar-refractivity contribution in [1.82, 2.24) is 0 Å². The topological polar surface area (TPSA) is 43.1 Å². The third-order valence-corrected chi connectivity index (χ3v) is 3.51. The number of thiophene rings is 1. The fourth-order valence-corrected chi connectivity index (χ4v) is 2.70. The molecule has 72 valence electrons. The Kier molecular flexibility index (Phi) is 2.38. The Morgan fingerprint density at radius 2 is 2.21 bits per heavy atom. The Hall–Kier alpha value is -0.780. The third-order valence-electron chi connectivity index (χ3n) is 1.79. The highest BCUT2D eigenvalue weighted by Gasteiger charge is 2.16. The number of non-ortho nitro benzene ring substituents is 1. The molecule has 0 aliphatic carbocycles. The number of nitro benzene ring substituents is 1. The number of benzene rings is 1. The second-order valence-electron chi connectivity index (χ2n) is 2.68. The maximum absolute atomic E-state index is 10.7. The molecule has 1 aromatic heterocycles. The minimum Gasteiger partial charge on any atom is -0.258 e. The van der Waals surface area contributed by atoms with Crippen molar-refractivity contribution < 1.29 is 4.92 Å². The molecule has 0 spiro atoms. The van der Waals surface area contributed by atoms with Gasteiger partial charge in [0.25, 0.3) is 5.69 Å². The van der Waals surface area contributed by atoms with E-state index < -0.39 is 4.92 Å². The highest BCUT2D eigenvalue weighted by Crippen LogP contribution is 2.37. The maximum Gasteiger partial charge on any atom is 0.288 e. The summed E-state index contributed by atoms with van der Waals surface area (Å²) in [6.45, 7) is 0. The Labute approximate surface area is 93.9 Å². The Morgan fingerprint density at radius 3 is 2.86 bits per heavy atom. The van der Waals surface area contributed by atoms with Gasteiger partial charge >= 0.3 is 0 Å². The van der Waals surface area contributed by atoms with Crippen molar-refractivity contribution >= 4 is 51.3 Å². The van der Waals surface area contributed by atoms with E-state index in [2.05, 4.69) is 12.6 Å². The summed E-state index contributed by atoms with van der Waals surface area (Å²) in [6.07, 6.45) is 0. The van der Waals surface area contributed by atoms with Gasteiger partial charge in [-0.3, -0.25) is 10.1 Å². The monoisotopic (exact) mass is 245 g/mol. The average Bonchev–Trinajstić information content (AvgIpc) is 2.47. The van der Waals surface area contributed by atoms with Crippen molar-refractivity contribution in [3.63, 3.8) is 0 Å². The molecule has 1 aromatic carbocycles. The Morgan fingerprint density at radius 1 is 1.50 bits per heavy atom. The molecule has 6 heteroatoms. The van der Waals surface area contributed by atoms with Crippen molar-refractivity contribution in [3.8, 4) is 0 Å². The summed E-state index contributed by atoms with van der Waals surface area (Å²) in [5.74, 6) is 0. The molecule has 0 N–H and O–H groups in total. The van der Waals surface area contributed by atoms with Crippen molar-refractivity contribution in [1.29, 1.82) is 0 Å². The summed E-state index contributed by atoms with van der Waals surface area (Å²) in [4.78, 5) is 10.8. The van der Waals surface area contributed by atoms with Crippen LogP contribution >= 0.6 is 35.6 Å². The van der Waals surface area contributed by atoms with Crippen LogP contribution in [0.5, 0.6) is 0 Å². The van der Waals surface area contributed by atoms with Gasteiger partial charge in [-0.25, -0.2) is 0 Å². The Balaban J connectivity index is 2.88. The van der Waals surface area contributed by atoms with Gasteiger partial charge < -0.3 is 0 Å². The van der Waals surface area contributed by atoms with Gasteiger partial charge in [0.15, 0.2) is 0 Å². The predicted molar refractivity (Wildman–Crippen MR) is 60.7 cm³/mol. The van der Waals surface area contributed by atoms with Crippen LogP contribution in [0.25, 0.3) is 10.1 Å². The van der Waals surface area contributed by atoms with E-state index in [4.69, 9.17) is 11.6 Å². The largest absolute Gasteiger partial charge is 0.288 e. The number of hydrogen-bond acceptors (Lipinski definition) is 4. The first-order valence-corrected chi connectivity index (χ1v) is 5.34. The van der Waals surface area contributed by atoms with E-state index in [1.807, 2.05) is 0 Å². The normalized spacial score (nSPS) is 10.7. The van der Waals surface area contributed by atoms with Gasteiger partial charge in [-0.1, -0.05) is 11.6 Å². The number of halogens is 1. The first-order chi connectivity index (χ1) is 6.59. The summed E-state index contributed by atoms with van der Waals surface area (Å²) in [7, 11) is 0. The molecule has 0 aliphatic heterocycles. The summed E-state index contributed by atoms with van der Waals surface area (Å²) in [5, 5.41) is 13.6. The second kappa shape index (κ2) is 3.42. The molecule has 0 saturated carbocycles. The van der Waals surface area contributed by atoms with Gasteiger partial charge in [0.1, 0.15) is 4.70 Å². The molecule has 0 unspecified atom stereocenters. The van der Waals surface area contributed by atoms with Gasteiger partial charge in [-0.05, 0) is 6.07 Å². The van der Waals surface area contributed by atoms with Crippen LogP contribution in [0.1, 0.15) is 0 Å². The van der Waals surface area contributed by atoms with Crippen LogP contribution in [0.15, 0.2) is 22.4 Å². The smallest absolute Gasteiger partial charge is 0.258 e. The van der Waals surface area contributed by atoms with Crippen LogP contribution in [0, 0.1) is 10.1 Å². The Bertz CT molecular complexity index is 523. The van der Waals surface area contributed by atoms with Crippen LogP contribution in [0.3, 0.4) is 0 Å². The molecule has 0 aliphatic rings. The van der Waals surface area contributed by atoms with E-state index in [1.54, 1.807) is 11.4 Å². The van der Waals surface area contributed by atoms with E-state index in [1.165, 1.54) is 17.4 Å². The lowest BCUT2D eigenvalue weighted by Gasteiger charge is -1.96. The number of nitro groups is 1. The molecular weight excluding hydrogens is 242 g/mol. The van der Waals surface area contributed by atoms with Gasteiger partial charge in [-0.2, -0.15) is 0 Å². The fraction of sp³-hybridized carbons (Fsp3) is 0. The van der Waals surface area contributed by atoms with Crippen LogP contribution in [0.2, 0.25) is 5.02 Å². The first-order valence-electron chi connectivity index (χ1n) is 3.63. The molecule has 2 rings (SSSR count). The summed E-state index contributed by atoms with van der Waals surface area (Å²) < 4.78 is 0.595.